The van der Waals surface area contributed by atoms with Crippen molar-refractivity contribution in [3.05, 3.63) is 41.0 Å². The van der Waals surface area contributed by atoms with Crippen LogP contribution in [0.25, 0.3) is 10.9 Å². The fourth-order valence-electron chi connectivity index (χ4n) is 1.90. The first-order chi connectivity index (χ1) is 8.46. The minimum absolute atomic E-state index is 0.332. The first-order valence-electron chi connectivity index (χ1n) is 5.61. The van der Waals surface area contributed by atoms with Gasteiger partial charge >= 0.3 is 5.97 Å². The van der Waals surface area contributed by atoms with Gasteiger partial charge in [0.25, 0.3) is 0 Å². The van der Waals surface area contributed by atoms with Crippen molar-refractivity contribution in [1.82, 2.24) is 4.98 Å². The SMILES string of the molecule is COC(=O)C(C)(C)c1cc2ccccc2nc1Cl. The number of fused-ring (bicyclic) bond motifs is 1. The Hall–Kier alpha value is -1.61. The zero-order chi connectivity index (χ0) is 13.3. The third kappa shape index (κ3) is 2.06. The van der Waals surface area contributed by atoms with Crippen molar-refractivity contribution >= 4 is 28.5 Å². The molecular weight excluding hydrogens is 250 g/mol. The second-order valence-corrected chi connectivity index (χ2v) is 4.99. The number of carbonyl (C=O) groups is 1. The highest BCUT2D eigenvalue weighted by molar-refractivity contribution is 6.31. The van der Waals surface area contributed by atoms with Crippen LogP contribution < -0.4 is 0 Å². The monoisotopic (exact) mass is 263 g/mol. The van der Waals surface area contributed by atoms with Gasteiger partial charge in [-0.2, -0.15) is 0 Å². The fourth-order valence-corrected chi connectivity index (χ4v) is 2.28. The number of pyridine rings is 1. The summed E-state index contributed by atoms with van der Waals surface area (Å²) in [6.07, 6.45) is 0. The Balaban J connectivity index is 2.64. The molecular formula is C14H14ClNO2. The van der Waals surface area contributed by atoms with Gasteiger partial charge in [0.15, 0.2) is 0 Å². The number of methoxy groups -OCH3 is 1. The van der Waals surface area contributed by atoms with E-state index in [4.69, 9.17) is 16.3 Å². The van der Waals surface area contributed by atoms with E-state index >= 15 is 0 Å². The zero-order valence-corrected chi connectivity index (χ0v) is 11.3. The second-order valence-electron chi connectivity index (χ2n) is 4.64. The van der Waals surface area contributed by atoms with E-state index in [0.717, 1.165) is 10.9 Å². The van der Waals surface area contributed by atoms with Crippen molar-refractivity contribution in [2.45, 2.75) is 19.3 Å². The highest BCUT2D eigenvalue weighted by atomic mass is 35.5. The molecule has 2 aromatic rings. The standard InChI is InChI=1S/C14H14ClNO2/c1-14(2,13(17)18-3)10-8-9-6-4-5-7-11(9)16-12(10)15/h4-8H,1-3H3. The quantitative estimate of drug-likeness (QED) is 0.616. The lowest BCUT2D eigenvalue weighted by Crippen LogP contribution is -2.30. The van der Waals surface area contributed by atoms with Crippen LogP contribution >= 0.6 is 11.6 Å². The van der Waals surface area contributed by atoms with E-state index in [1.807, 2.05) is 30.3 Å². The summed E-state index contributed by atoms with van der Waals surface area (Å²) in [6, 6.07) is 9.54. The van der Waals surface area contributed by atoms with Crippen molar-refractivity contribution < 1.29 is 9.53 Å². The maximum Gasteiger partial charge on any atom is 0.315 e. The summed E-state index contributed by atoms with van der Waals surface area (Å²) in [5.74, 6) is -0.332. The molecule has 0 atom stereocenters. The number of hydrogen-bond acceptors (Lipinski definition) is 3. The molecule has 0 amide bonds. The minimum Gasteiger partial charge on any atom is -0.468 e. The molecule has 0 saturated carbocycles. The number of esters is 1. The third-order valence-electron chi connectivity index (χ3n) is 3.05. The molecule has 0 aliphatic rings. The summed E-state index contributed by atoms with van der Waals surface area (Å²) in [6.45, 7) is 3.55. The molecule has 0 aliphatic heterocycles. The van der Waals surface area contributed by atoms with Crippen LogP contribution in [0, 0.1) is 0 Å². The van der Waals surface area contributed by atoms with Crippen LogP contribution in [0.2, 0.25) is 5.15 Å². The van der Waals surface area contributed by atoms with E-state index in [0.29, 0.717) is 10.7 Å². The number of carbonyl (C=O) groups excluding carboxylic acids is 1. The predicted molar refractivity (Wildman–Crippen MR) is 71.8 cm³/mol. The molecule has 0 fully saturated rings. The number of nitrogens with zero attached hydrogens (tertiary/aromatic N) is 1. The molecule has 3 nitrogen and oxygen atoms in total. The summed E-state index contributed by atoms with van der Waals surface area (Å²) in [7, 11) is 1.37. The summed E-state index contributed by atoms with van der Waals surface area (Å²) < 4.78 is 4.81. The predicted octanol–water partition coefficient (Wildman–Crippen LogP) is 3.34. The Bertz CT molecular complexity index is 608. The van der Waals surface area contributed by atoms with Gasteiger partial charge in [0.2, 0.25) is 0 Å². The largest absolute Gasteiger partial charge is 0.468 e. The molecule has 0 saturated heterocycles. The van der Waals surface area contributed by atoms with E-state index < -0.39 is 5.41 Å². The van der Waals surface area contributed by atoms with Gasteiger partial charge in [0.1, 0.15) is 5.15 Å². The molecule has 0 radical (unpaired) electrons. The number of para-hydroxylation sites is 1. The molecule has 0 spiro atoms. The average molecular weight is 264 g/mol. The minimum atomic E-state index is -0.817. The van der Waals surface area contributed by atoms with Crippen LogP contribution in [0.4, 0.5) is 0 Å². The van der Waals surface area contributed by atoms with Gasteiger partial charge in [-0.3, -0.25) is 4.79 Å². The molecule has 4 heteroatoms. The molecule has 2 rings (SSSR count). The van der Waals surface area contributed by atoms with E-state index in [1.54, 1.807) is 13.8 Å². The molecule has 94 valence electrons. The highest BCUT2D eigenvalue weighted by Crippen LogP contribution is 2.32. The lowest BCUT2D eigenvalue weighted by atomic mass is 9.85. The Morgan fingerprint density at radius 1 is 1.33 bits per heavy atom. The summed E-state index contributed by atoms with van der Waals surface area (Å²) >= 11 is 6.17. The van der Waals surface area contributed by atoms with Crippen LogP contribution in [0.1, 0.15) is 19.4 Å². The molecule has 1 aromatic heterocycles. The molecule has 0 bridgehead atoms. The van der Waals surface area contributed by atoms with Crippen LogP contribution in [0.5, 0.6) is 0 Å². The highest BCUT2D eigenvalue weighted by Gasteiger charge is 2.33. The number of ether oxygens (including phenoxy) is 1. The molecule has 0 unspecified atom stereocenters. The molecule has 1 aromatic carbocycles. The Morgan fingerprint density at radius 2 is 2.00 bits per heavy atom. The van der Waals surface area contributed by atoms with Gasteiger partial charge in [-0.15, -0.1) is 0 Å². The first-order valence-corrected chi connectivity index (χ1v) is 5.99. The van der Waals surface area contributed by atoms with Crippen molar-refractivity contribution in [3.8, 4) is 0 Å². The van der Waals surface area contributed by atoms with Crippen LogP contribution in [0.3, 0.4) is 0 Å². The summed E-state index contributed by atoms with van der Waals surface area (Å²) in [4.78, 5) is 16.1. The normalized spacial score (nSPS) is 11.6. The summed E-state index contributed by atoms with van der Waals surface area (Å²) in [5, 5.41) is 1.29. The maximum absolute atomic E-state index is 11.8. The number of aromatic nitrogens is 1. The maximum atomic E-state index is 11.8. The molecule has 0 N–H and O–H groups in total. The number of benzene rings is 1. The third-order valence-corrected chi connectivity index (χ3v) is 3.33. The van der Waals surface area contributed by atoms with E-state index in [1.165, 1.54) is 7.11 Å². The summed E-state index contributed by atoms with van der Waals surface area (Å²) in [5.41, 5.74) is 0.671. The lowest BCUT2D eigenvalue weighted by molar-refractivity contribution is -0.146. The van der Waals surface area contributed by atoms with E-state index in [2.05, 4.69) is 4.98 Å². The van der Waals surface area contributed by atoms with Crippen molar-refractivity contribution in [3.63, 3.8) is 0 Å². The van der Waals surface area contributed by atoms with Crippen LogP contribution in [-0.2, 0) is 14.9 Å². The van der Waals surface area contributed by atoms with Crippen molar-refractivity contribution in [2.75, 3.05) is 7.11 Å². The Labute approximate surface area is 111 Å². The van der Waals surface area contributed by atoms with Crippen LogP contribution in [0.15, 0.2) is 30.3 Å². The number of rotatable bonds is 2. The average Bonchev–Trinajstić information content (AvgIpc) is 2.36. The van der Waals surface area contributed by atoms with E-state index in [-0.39, 0.29) is 5.97 Å². The van der Waals surface area contributed by atoms with Gasteiger partial charge in [0, 0.05) is 10.9 Å². The van der Waals surface area contributed by atoms with Crippen molar-refractivity contribution in [2.24, 2.45) is 0 Å². The topological polar surface area (TPSA) is 39.2 Å². The first kappa shape index (κ1) is 12.8. The Morgan fingerprint density at radius 3 is 2.67 bits per heavy atom. The number of hydrogen-bond donors (Lipinski definition) is 0. The smallest absolute Gasteiger partial charge is 0.315 e. The molecule has 1 heterocycles. The van der Waals surface area contributed by atoms with Crippen molar-refractivity contribution in [1.29, 1.82) is 0 Å². The zero-order valence-electron chi connectivity index (χ0n) is 10.5. The van der Waals surface area contributed by atoms with Gasteiger partial charge in [-0.25, -0.2) is 4.98 Å². The van der Waals surface area contributed by atoms with Crippen LogP contribution in [-0.4, -0.2) is 18.1 Å². The molecule has 18 heavy (non-hydrogen) atoms. The second kappa shape index (κ2) is 4.58. The number of halogens is 1. The lowest BCUT2D eigenvalue weighted by Gasteiger charge is -2.23. The van der Waals surface area contributed by atoms with Gasteiger partial charge in [0.05, 0.1) is 18.0 Å². The Kier molecular flexibility index (Phi) is 3.26. The van der Waals surface area contributed by atoms with Gasteiger partial charge in [-0.05, 0) is 26.0 Å². The van der Waals surface area contributed by atoms with Gasteiger partial charge < -0.3 is 4.74 Å². The van der Waals surface area contributed by atoms with E-state index in [9.17, 15) is 4.79 Å². The molecule has 0 aliphatic carbocycles. The van der Waals surface area contributed by atoms with Gasteiger partial charge in [-0.1, -0.05) is 29.8 Å². The fraction of sp³-hybridized carbons (Fsp3) is 0.286.